The zero-order chi connectivity index (χ0) is 29.4. The van der Waals surface area contributed by atoms with Gasteiger partial charge in [-0.2, -0.15) is 0 Å². The van der Waals surface area contributed by atoms with Crippen molar-refractivity contribution in [3.05, 3.63) is 20.2 Å². The van der Waals surface area contributed by atoms with E-state index in [4.69, 9.17) is 42.6 Å². The van der Waals surface area contributed by atoms with Gasteiger partial charge in [0, 0.05) is 9.85 Å². The molecule has 0 bridgehead atoms. The van der Waals surface area contributed by atoms with E-state index in [1.165, 1.54) is 0 Å². The molecular formula is C25H40N2O13. The molecule has 228 valence electrons. The number of nitrogens with zero attached hydrogens (tertiary/aromatic N) is 2. The summed E-state index contributed by atoms with van der Waals surface area (Å²) in [4.78, 5) is 23.7. The topological polar surface area (TPSA) is 169 Å². The Morgan fingerprint density at radius 3 is 1.77 bits per heavy atom. The van der Waals surface area contributed by atoms with Crippen LogP contribution >= 0.6 is 0 Å². The largest absolute Gasteiger partial charge is 0.360 e. The molecule has 0 unspecified atom stereocenters. The summed E-state index contributed by atoms with van der Waals surface area (Å²) in [6.07, 6.45) is -6.92. The molecule has 40 heavy (non-hydrogen) atoms. The van der Waals surface area contributed by atoms with E-state index >= 15 is 0 Å². The smallest absolute Gasteiger partial charge is 0.253 e. The molecule has 0 aliphatic carbocycles. The van der Waals surface area contributed by atoms with Crippen LogP contribution in [0.5, 0.6) is 0 Å². The number of rotatable bonds is 7. The zero-order valence-electron chi connectivity index (χ0n) is 24.1. The van der Waals surface area contributed by atoms with Gasteiger partial charge in [0.05, 0.1) is 13.2 Å². The van der Waals surface area contributed by atoms with Crippen molar-refractivity contribution in [2.75, 3.05) is 19.8 Å². The van der Waals surface area contributed by atoms with E-state index in [9.17, 15) is 20.2 Å². The highest BCUT2D eigenvalue weighted by Crippen LogP contribution is 2.46. The maximum atomic E-state index is 12.9. The van der Waals surface area contributed by atoms with Crippen LogP contribution in [-0.2, 0) is 42.6 Å². The Morgan fingerprint density at radius 1 is 0.650 bits per heavy atom. The zero-order valence-corrected chi connectivity index (χ0v) is 24.1. The van der Waals surface area contributed by atoms with Gasteiger partial charge in [-0.05, 0) is 55.4 Å². The molecule has 5 fully saturated rings. The first-order valence-electron chi connectivity index (χ1n) is 13.6. The minimum Gasteiger partial charge on any atom is -0.360 e. The Hall–Kier alpha value is -1.56. The van der Waals surface area contributed by atoms with Crippen LogP contribution in [0.15, 0.2) is 0 Å². The van der Waals surface area contributed by atoms with Gasteiger partial charge >= 0.3 is 0 Å². The maximum absolute atomic E-state index is 12.9. The normalized spacial score (nSPS) is 42.5. The SMILES string of the molecule is CC1(C)O[C@@H]2[C@H](O1)[C@H]([C@@H]([C@@H](C[N+](=O)[O-])[C@H]1OC(C)(C)O[C@@H]1[C@H]1COC(C)(C)O1)[N+](=O)[O-])O[C@@H]1COC(C)(C)O[C@@H]21. The van der Waals surface area contributed by atoms with E-state index in [-0.39, 0.29) is 13.2 Å². The van der Waals surface area contributed by atoms with Crippen molar-refractivity contribution in [1.82, 2.24) is 0 Å². The number of nitro groups is 2. The fourth-order valence-electron chi connectivity index (χ4n) is 6.50. The van der Waals surface area contributed by atoms with Gasteiger partial charge in [-0.3, -0.25) is 20.2 Å². The summed E-state index contributed by atoms with van der Waals surface area (Å²) in [6.45, 7) is 13.1. The molecule has 0 aromatic heterocycles. The van der Waals surface area contributed by atoms with Gasteiger partial charge in [0.25, 0.3) is 6.04 Å². The van der Waals surface area contributed by atoms with Gasteiger partial charge < -0.3 is 42.6 Å². The number of hydrogen-bond donors (Lipinski definition) is 0. The molecule has 5 rings (SSSR count). The van der Waals surface area contributed by atoms with Crippen molar-refractivity contribution in [3.63, 3.8) is 0 Å². The van der Waals surface area contributed by atoms with Crippen molar-refractivity contribution < 1.29 is 52.5 Å². The molecule has 15 heteroatoms. The van der Waals surface area contributed by atoms with Crippen molar-refractivity contribution in [3.8, 4) is 0 Å². The summed E-state index contributed by atoms with van der Waals surface area (Å²) >= 11 is 0. The summed E-state index contributed by atoms with van der Waals surface area (Å²) in [5.74, 6) is -5.43. The van der Waals surface area contributed by atoms with E-state index in [1.54, 1.807) is 55.4 Å². The fourth-order valence-corrected chi connectivity index (χ4v) is 6.50. The highest BCUT2D eigenvalue weighted by atomic mass is 16.8. The van der Waals surface area contributed by atoms with Gasteiger partial charge in [-0.15, -0.1) is 0 Å². The first kappa shape index (κ1) is 29.9. The summed E-state index contributed by atoms with van der Waals surface area (Å²) in [6, 6.07) is -1.63. The summed E-state index contributed by atoms with van der Waals surface area (Å²) < 4.78 is 54.6. The lowest BCUT2D eigenvalue weighted by atomic mass is 9.81. The Kier molecular flexibility index (Phi) is 7.49. The molecule has 0 amide bonds. The molecule has 0 radical (unpaired) electrons. The molecule has 5 heterocycles. The second kappa shape index (κ2) is 10.0. The molecule has 5 aliphatic rings. The third-order valence-electron chi connectivity index (χ3n) is 7.89. The minimum absolute atomic E-state index is 0.0898. The summed E-state index contributed by atoms with van der Waals surface area (Å²) in [5, 5.41) is 24.9. The first-order chi connectivity index (χ1) is 18.4. The molecule has 0 saturated carbocycles. The van der Waals surface area contributed by atoms with Crippen LogP contribution in [0.4, 0.5) is 0 Å². The maximum Gasteiger partial charge on any atom is 0.253 e. The number of fused-ring (bicyclic) bond motifs is 3. The summed E-state index contributed by atoms with van der Waals surface area (Å²) in [7, 11) is 0. The lowest BCUT2D eigenvalue weighted by Gasteiger charge is -2.49. The Morgan fingerprint density at radius 2 is 1.18 bits per heavy atom. The van der Waals surface area contributed by atoms with E-state index in [0.717, 1.165) is 0 Å². The van der Waals surface area contributed by atoms with Gasteiger partial charge in [0.15, 0.2) is 29.3 Å². The van der Waals surface area contributed by atoms with E-state index in [0.29, 0.717) is 0 Å². The second-order valence-electron chi connectivity index (χ2n) is 12.9. The van der Waals surface area contributed by atoms with Gasteiger partial charge in [-0.1, -0.05) is 0 Å². The number of ether oxygens (including phenoxy) is 9. The van der Waals surface area contributed by atoms with Crippen molar-refractivity contribution in [2.45, 2.75) is 133 Å². The standard InChI is InChI=1S/C25H40N2O13/c1-22(2)33-11-14(35-22)18-16(36-24(5,6)38-18)12(9-26(28)29)15(27(30)31)19-21-20(39-25(7,8)40-21)17-13(34-19)10-32-23(3,4)37-17/h12-21H,9-11H2,1-8H3/t12-,13-,14-,15-,16-,17-,18-,19+,20+,21-/m1/s1. The van der Waals surface area contributed by atoms with Crippen LogP contribution in [0.1, 0.15) is 55.4 Å². The van der Waals surface area contributed by atoms with Crippen LogP contribution < -0.4 is 0 Å². The minimum atomic E-state index is -1.63. The third kappa shape index (κ3) is 5.85. The van der Waals surface area contributed by atoms with E-state index in [1.807, 2.05) is 0 Å². The highest BCUT2D eigenvalue weighted by molar-refractivity contribution is 5.06. The monoisotopic (exact) mass is 576 g/mol. The van der Waals surface area contributed by atoms with Crippen LogP contribution in [0.2, 0.25) is 0 Å². The molecule has 0 N–H and O–H groups in total. The molecular weight excluding hydrogens is 536 g/mol. The van der Waals surface area contributed by atoms with Crippen LogP contribution in [-0.4, -0.2) is 108 Å². The van der Waals surface area contributed by atoms with Gasteiger partial charge in [0.1, 0.15) is 48.6 Å². The van der Waals surface area contributed by atoms with Crippen LogP contribution in [0.25, 0.3) is 0 Å². The summed E-state index contributed by atoms with van der Waals surface area (Å²) in [5.41, 5.74) is 0. The quantitative estimate of drug-likeness (QED) is 0.317. The fraction of sp³-hybridized carbons (Fsp3) is 1.00. The van der Waals surface area contributed by atoms with Crippen LogP contribution in [0.3, 0.4) is 0 Å². The number of hydrogen-bond acceptors (Lipinski definition) is 13. The van der Waals surface area contributed by atoms with E-state index in [2.05, 4.69) is 0 Å². The second-order valence-corrected chi connectivity index (χ2v) is 12.9. The molecule has 5 aliphatic heterocycles. The average Bonchev–Trinajstić information content (AvgIpc) is 3.43. The Balaban J connectivity index is 1.51. The van der Waals surface area contributed by atoms with Gasteiger partial charge in [0.2, 0.25) is 6.54 Å². The molecule has 0 aromatic rings. The highest BCUT2D eigenvalue weighted by Gasteiger charge is 2.66. The van der Waals surface area contributed by atoms with Crippen molar-refractivity contribution in [2.24, 2.45) is 5.92 Å². The Labute approximate surface area is 232 Å². The molecule has 5 saturated heterocycles. The Bertz CT molecular complexity index is 1000. The molecule has 0 aromatic carbocycles. The predicted octanol–water partition coefficient (Wildman–Crippen LogP) is 1.64. The molecule has 15 nitrogen and oxygen atoms in total. The van der Waals surface area contributed by atoms with E-state index < -0.39 is 100 Å². The average molecular weight is 577 g/mol. The lowest BCUT2D eigenvalue weighted by Crippen LogP contribution is -2.68. The van der Waals surface area contributed by atoms with Crippen molar-refractivity contribution >= 4 is 0 Å². The van der Waals surface area contributed by atoms with Crippen molar-refractivity contribution in [1.29, 1.82) is 0 Å². The van der Waals surface area contributed by atoms with Crippen LogP contribution in [0, 0.1) is 26.1 Å². The molecule has 0 spiro atoms. The predicted molar refractivity (Wildman–Crippen MR) is 132 cm³/mol. The lowest BCUT2D eigenvalue weighted by molar-refractivity contribution is -0.574. The first-order valence-corrected chi connectivity index (χ1v) is 13.6. The van der Waals surface area contributed by atoms with Gasteiger partial charge in [-0.25, -0.2) is 0 Å². The molecule has 10 atom stereocenters. The third-order valence-corrected chi connectivity index (χ3v) is 7.89.